The molecular weight excluding hydrogens is 202 g/mol. The molecule has 2 rings (SSSR count). The number of nitrogens with two attached hydrogens (primary N) is 1. The van der Waals surface area contributed by atoms with Crippen LogP contribution >= 0.6 is 0 Å². The molecule has 2 aromatic rings. The average molecular weight is 213 g/mol. The normalized spacial score (nSPS) is 9.69. The van der Waals surface area contributed by atoms with E-state index in [0.717, 1.165) is 11.4 Å². The van der Waals surface area contributed by atoms with Crippen LogP contribution in [0.4, 0.5) is 11.4 Å². The van der Waals surface area contributed by atoms with Crippen molar-refractivity contribution in [2.75, 3.05) is 11.1 Å². The fourth-order valence-electron chi connectivity index (χ4n) is 1.37. The lowest BCUT2D eigenvalue weighted by Crippen LogP contribution is -2.02. The molecule has 0 aliphatic heterocycles. The molecule has 0 radical (unpaired) electrons. The molecule has 1 aromatic carbocycles. The van der Waals surface area contributed by atoms with Gasteiger partial charge in [0.25, 0.3) is 0 Å². The number of hydrogen-bond acceptors (Lipinski definition) is 4. The fourth-order valence-corrected chi connectivity index (χ4v) is 1.37. The summed E-state index contributed by atoms with van der Waals surface area (Å²) in [5.74, 6) is 0. The van der Waals surface area contributed by atoms with E-state index in [2.05, 4.69) is 15.3 Å². The molecule has 0 unspecified atom stereocenters. The van der Waals surface area contributed by atoms with E-state index in [0.29, 0.717) is 17.8 Å². The lowest BCUT2D eigenvalue weighted by molar-refractivity contribution is 1.07. The molecular formula is C11H11N5. The number of rotatable bonds is 3. The van der Waals surface area contributed by atoms with Gasteiger partial charge in [-0.3, -0.25) is 0 Å². The summed E-state index contributed by atoms with van der Waals surface area (Å²) in [5.41, 5.74) is 8.71. The van der Waals surface area contributed by atoms with Gasteiger partial charge in [0.15, 0.2) is 0 Å². The van der Waals surface area contributed by atoms with E-state index in [9.17, 15) is 0 Å². The Morgan fingerprint density at radius 1 is 1.50 bits per heavy atom. The maximum Gasteiger partial charge on any atom is 0.0992 e. The van der Waals surface area contributed by atoms with Gasteiger partial charge in [0.05, 0.1) is 41.6 Å². The number of hydrogen-bond donors (Lipinski definition) is 3. The van der Waals surface area contributed by atoms with Crippen molar-refractivity contribution in [3.63, 3.8) is 0 Å². The van der Waals surface area contributed by atoms with Gasteiger partial charge in [0, 0.05) is 6.20 Å². The number of imidazole rings is 1. The van der Waals surface area contributed by atoms with Gasteiger partial charge in [0.2, 0.25) is 0 Å². The lowest BCUT2D eigenvalue weighted by atomic mass is 10.2. The Labute approximate surface area is 92.9 Å². The Morgan fingerprint density at radius 2 is 2.38 bits per heavy atom. The second-order valence-electron chi connectivity index (χ2n) is 3.34. The molecule has 0 atom stereocenters. The van der Waals surface area contributed by atoms with Crippen LogP contribution < -0.4 is 11.1 Å². The molecule has 1 aromatic heterocycles. The lowest BCUT2D eigenvalue weighted by Gasteiger charge is -2.07. The molecule has 0 amide bonds. The molecule has 0 bridgehead atoms. The summed E-state index contributed by atoms with van der Waals surface area (Å²) in [6.07, 6.45) is 3.37. The average Bonchev–Trinajstić information content (AvgIpc) is 2.80. The fraction of sp³-hybridized carbons (Fsp3) is 0.0909. The third-order valence-corrected chi connectivity index (χ3v) is 2.20. The predicted molar refractivity (Wildman–Crippen MR) is 61.5 cm³/mol. The van der Waals surface area contributed by atoms with E-state index in [1.807, 2.05) is 6.07 Å². The molecule has 0 fully saturated rings. The van der Waals surface area contributed by atoms with Crippen LogP contribution in [0.25, 0.3) is 0 Å². The summed E-state index contributed by atoms with van der Waals surface area (Å²) in [6.45, 7) is 0.621. The highest BCUT2D eigenvalue weighted by Gasteiger charge is 2.00. The molecule has 0 saturated carbocycles. The minimum Gasteiger partial charge on any atom is -0.397 e. The standard InChI is InChI=1S/C11H11N5/c12-4-8-1-2-11(10(13)3-8)15-6-9-5-14-7-16-9/h1-3,5,7,15H,6,13H2,(H,14,16). The SMILES string of the molecule is N#Cc1ccc(NCc2cnc[nH]2)c(N)c1. The number of nitrogen functional groups attached to an aromatic ring is 1. The zero-order valence-electron chi connectivity index (χ0n) is 8.57. The maximum absolute atomic E-state index is 8.69. The van der Waals surface area contributed by atoms with Crippen molar-refractivity contribution in [3.05, 3.63) is 42.0 Å². The molecule has 16 heavy (non-hydrogen) atoms. The largest absolute Gasteiger partial charge is 0.397 e. The number of anilines is 2. The Hall–Kier alpha value is -2.48. The number of nitrogens with one attached hydrogen (secondary N) is 2. The van der Waals surface area contributed by atoms with Crippen LogP contribution in [0.15, 0.2) is 30.7 Å². The second-order valence-corrected chi connectivity index (χ2v) is 3.34. The van der Waals surface area contributed by atoms with Crippen molar-refractivity contribution in [3.8, 4) is 6.07 Å². The molecule has 5 heteroatoms. The third kappa shape index (κ3) is 2.12. The van der Waals surface area contributed by atoms with Crippen LogP contribution in [0.2, 0.25) is 0 Å². The molecule has 80 valence electrons. The van der Waals surface area contributed by atoms with Gasteiger partial charge < -0.3 is 16.0 Å². The van der Waals surface area contributed by atoms with E-state index < -0.39 is 0 Å². The van der Waals surface area contributed by atoms with Crippen molar-refractivity contribution in [2.24, 2.45) is 0 Å². The highest BCUT2D eigenvalue weighted by molar-refractivity contribution is 5.68. The first-order valence-corrected chi connectivity index (χ1v) is 4.80. The van der Waals surface area contributed by atoms with Crippen molar-refractivity contribution in [2.45, 2.75) is 6.54 Å². The Balaban J connectivity index is 2.08. The smallest absolute Gasteiger partial charge is 0.0992 e. The van der Waals surface area contributed by atoms with E-state index in [1.165, 1.54) is 0 Å². The van der Waals surface area contributed by atoms with E-state index in [-0.39, 0.29) is 0 Å². The highest BCUT2D eigenvalue weighted by Crippen LogP contribution is 2.19. The molecule has 4 N–H and O–H groups in total. The zero-order chi connectivity index (χ0) is 11.4. The predicted octanol–water partition coefficient (Wildman–Crippen LogP) is 1.48. The van der Waals surface area contributed by atoms with Crippen molar-refractivity contribution < 1.29 is 0 Å². The van der Waals surface area contributed by atoms with Crippen molar-refractivity contribution >= 4 is 11.4 Å². The Bertz CT molecular complexity index is 510. The molecule has 0 saturated heterocycles. The van der Waals surface area contributed by atoms with Gasteiger partial charge in [-0.25, -0.2) is 4.98 Å². The zero-order valence-corrected chi connectivity index (χ0v) is 8.57. The van der Waals surface area contributed by atoms with Gasteiger partial charge in [-0.2, -0.15) is 5.26 Å². The Kier molecular flexibility index (Phi) is 2.74. The molecule has 0 aliphatic rings. The molecule has 1 heterocycles. The van der Waals surface area contributed by atoms with E-state index >= 15 is 0 Å². The van der Waals surface area contributed by atoms with Crippen LogP contribution in [0.5, 0.6) is 0 Å². The number of aromatic amines is 1. The first-order valence-electron chi connectivity index (χ1n) is 4.80. The molecule has 0 spiro atoms. The number of aromatic nitrogens is 2. The maximum atomic E-state index is 8.69. The van der Waals surface area contributed by atoms with Gasteiger partial charge in [0.1, 0.15) is 0 Å². The van der Waals surface area contributed by atoms with Crippen LogP contribution in [-0.4, -0.2) is 9.97 Å². The number of benzene rings is 1. The summed E-state index contributed by atoms with van der Waals surface area (Å²) in [4.78, 5) is 6.90. The second kappa shape index (κ2) is 4.36. The van der Waals surface area contributed by atoms with Gasteiger partial charge in [-0.15, -0.1) is 0 Å². The van der Waals surface area contributed by atoms with Gasteiger partial charge >= 0.3 is 0 Å². The summed E-state index contributed by atoms with van der Waals surface area (Å²) in [6, 6.07) is 7.21. The minimum absolute atomic E-state index is 0.560. The van der Waals surface area contributed by atoms with E-state index in [1.54, 1.807) is 30.7 Å². The summed E-state index contributed by atoms with van der Waals surface area (Å²) >= 11 is 0. The van der Waals surface area contributed by atoms with E-state index in [4.69, 9.17) is 11.0 Å². The first kappa shape index (κ1) is 10.1. The van der Waals surface area contributed by atoms with Gasteiger partial charge in [-0.1, -0.05) is 0 Å². The van der Waals surface area contributed by atoms with Gasteiger partial charge in [-0.05, 0) is 18.2 Å². The number of nitrogens with zero attached hydrogens (tertiary/aromatic N) is 2. The third-order valence-electron chi connectivity index (χ3n) is 2.20. The molecule has 5 nitrogen and oxygen atoms in total. The monoisotopic (exact) mass is 213 g/mol. The van der Waals surface area contributed by atoms with Crippen LogP contribution in [0.3, 0.4) is 0 Å². The van der Waals surface area contributed by atoms with Crippen molar-refractivity contribution in [1.82, 2.24) is 9.97 Å². The number of nitriles is 1. The summed E-state index contributed by atoms with van der Waals surface area (Å²) in [7, 11) is 0. The quantitative estimate of drug-likeness (QED) is 0.673. The highest BCUT2D eigenvalue weighted by atomic mass is 14.9. The summed E-state index contributed by atoms with van der Waals surface area (Å²) < 4.78 is 0. The van der Waals surface area contributed by atoms with Crippen LogP contribution in [0.1, 0.15) is 11.3 Å². The van der Waals surface area contributed by atoms with Crippen LogP contribution in [0, 0.1) is 11.3 Å². The van der Waals surface area contributed by atoms with Crippen molar-refractivity contribution in [1.29, 1.82) is 5.26 Å². The topological polar surface area (TPSA) is 90.5 Å². The minimum atomic E-state index is 0.560. The Morgan fingerprint density at radius 3 is 3.00 bits per heavy atom. The first-order chi connectivity index (χ1) is 7.79. The molecule has 0 aliphatic carbocycles. The number of H-pyrrole nitrogens is 1. The summed E-state index contributed by atoms with van der Waals surface area (Å²) in [5, 5.41) is 11.9. The van der Waals surface area contributed by atoms with Crippen LogP contribution in [-0.2, 0) is 6.54 Å².